The Hall–Kier alpha value is -1.31. The van der Waals surface area contributed by atoms with E-state index in [-0.39, 0.29) is 36.4 Å². The molecule has 0 saturated carbocycles. The number of halogens is 1. The number of nitrogens with zero attached hydrogens (tertiary/aromatic N) is 2. The molecule has 0 aromatic heterocycles. The standard InChI is InChI=1S/C18H28N4O.HI/c1-4-14(3)21-18(19-5-2)20-13-17(23)22-12-8-10-15-9-6-7-11-16(15)22;/h6-7,9,11,14H,4-5,8,10,12-13H2,1-3H3,(H2,19,20,21);1H. The molecule has 0 bridgehead atoms. The lowest BCUT2D eigenvalue weighted by molar-refractivity contribution is -0.117. The third-order valence-electron chi connectivity index (χ3n) is 4.12. The lowest BCUT2D eigenvalue weighted by Gasteiger charge is -2.29. The van der Waals surface area contributed by atoms with Gasteiger partial charge in [0.2, 0.25) is 5.91 Å². The van der Waals surface area contributed by atoms with Gasteiger partial charge in [0.1, 0.15) is 6.54 Å². The van der Waals surface area contributed by atoms with Crippen LogP contribution in [0.5, 0.6) is 0 Å². The summed E-state index contributed by atoms with van der Waals surface area (Å²) >= 11 is 0. The van der Waals surface area contributed by atoms with Crippen LogP contribution >= 0.6 is 24.0 Å². The number of carbonyl (C=O) groups excluding carboxylic acids is 1. The lowest BCUT2D eigenvalue weighted by atomic mass is 10.0. The fourth-order valence-corrected chi connectivity index (χ4v) is 2.68. The van der Waals surface area contributed by atoms with Gasteiger partial charge in [-0.3, -0.25) is 4.79 Å². The first-order valence-corrected chi connectivity index (χ1v) is 8.58. The van der Waals surface area contributed by atoms with Crippen LogP contribution in [0.25, 0.3) is 0 Å². The van der Waals surface area contributed by atoms with E-state index in [2.05, 4.69) is 35.5 Å². The van der Waals surface area contributed by atoms with Crippen molar-refractivity contribution >= 4 is 41.5 Å². The molecule has 1 atom stereocenters. The van der Waals surface area contributed by atoms with Gasteiger partial charge in [-0.1, -0.05) is 25.1 Å². The molecule has 2 N–H and O–H groups in total. The number of anilines is 1. The van der Waals surface area contributed by atoms with Crippen molar-refractivity contribution in [3.05, 3.63) is 29.8 Å². The summed E-state index contributed by atoms with van der Waals surface area (Å²) in [6.07, 6.45) is 3.07. The van der Waals surface area contributed by atoms with Crippen molar-refractivity contribution in [2.24, 2.45) is 4.99 Å². The van der Waals surface area contributed by atoms with Gasteiger partial charge >= 0.3 is 0 Å². The summed E-state index contributed by atoms with van der Waals surface area (Å²) < 4.78 is 0. The number of aliphatic imine (C=N–C) groups is 1. The highest BCUT2D eigenvalue weighted by atomic mass is 127. The second kappa shape index (κ2) is 10.5. The number of guanidine groups is 1. The molecule has 1 aromatic rings. The molecule has 1 unspecified atom stereocenters. The van der Waals surface area contributed by atoms with Crippen molar-refractivity contribution in [3.63, 3.8) is 0 Å². The number of aryl methyl sites for hydroxylation is 1. The average Bonchev–Trinajstić information content (AvgIpc) is 2.58. The first-order chi connectivity index (χ1) is 11.2. The zero-order valence-electron chi connectivity index (χ0n) is 14.8. The molecular formula is C18H29IN4O. The summed E-state index contributed by atoms with van der Waals surface area (Å²) in [7, 11) is 0. The molecular weight excluding hydrogens is 415 g/mol. The number of hydrogen-bond acceptors (Lipinski definition) is 2. The van der Waals surface area contributed by atoms with Gasteiger partial charge in [0.25, 0.3) is 0 Å². The number of carbonyl (C=O) groups is 1. The van der Waals surface area contributed by atoms with Crippen LogP contribution in [-0.4, -0.2) is 37.5 Å². The predicted molar refractivity (Wildman–Crippen MR) is 111 cm³/mol. The Bertz CT molecular complexity index is 562. The van der Waals surface area contributed by atoms with Crippen LogP contribution in [0.1, 0.15) is 39.2 Å². The number of amides is 1. The molecule has 0 saturated heterocycles. The lowest BCUT2D eigenvalue weighted by Crippen LogP contribution is -2.43. The van der Waals surface area contributed by atoms with E-state index < -0.39 is 0 Å². The van der Waals surface area contributed by atoms with E-state index in [0.29, 0.717) is 12.0 Å². The summed E-state index contributed by atoms with van der Waals surface area (Å²) in [6.45, 7) is 7.98. The van der Waals surface area contributed by atoms with Crippen molar-refractivity contribution in [2.45, 2.75) is 46.1 Å². The Morgan fingerprint density at radius 2 is 2.08 bits per heavy atom. The highest BCUT2D eigenvalue weighted by molar-refractivity contribution is 14.0. The number of rotatable bonds is 5. The molecule has 0 fully saturated rings. The van der Waals surface area contributed by atoms with Crippen LogP contribution < -0.4 is 15.5 Å². The molecule has 134 valence electrons. The van der Waals surface area contributed by atoms with E-state index in [1.807, 2.05) is 30.0 Å². The molecule has 1 aromatic carbocycles. The molecule has 1 aliphatic rings. The third-order valence-corrected chi connectivity index (χ3v) is 4.12. The van der Waals surface area contributed by atoms with Gasteiger partial charge in [-0.15, -0.1) is 24.0 Å². The molecule has 0 radical (unpaired) electrons. The van der Waals surface area contributed by atoms with Gasteiger partial charge < -0.3 is 15.5 Å². The molecule has 24 heavy (non-hydrogen) atoms. The van der Waals surface area contributed by atoms with Gasteiger partial charge in [0.15, 0.2) is 5.96 Å². The molecule has 1 heterocycles. The van der Waals surface area contributed by atoms with Gasteiger partial charge in [-0.2, -0.15) is 0 Å². The Balaban J connectivity index is 0.00000288. The molecule has 5 nitrogen and oxygen atoms in total. The van der Waals surface area contributed by atoms with Crippen LogP contribution in [0.4, 0.5) is 5.69 Å². The number of benzene rings is 1. The van der Waals surface area contributed by atoms with Gasteiger partial charge in [0, 0.05) is 24.8 Å². The van der Waals surface area contributed by atoms with Crippen LogP contribution in [0.15, 0.2) is 29.3 Å². The summed E-state index contributed by atoms with van der Waals surface area (Å²) in [4.78, 5) is 18.9. The fraction of sp³-hybridized carbons (Fsp3) is 0.556. The Morgan fingerprint density at radius 3 is 2.79 bits per heavy atom. The van der Waals surface area contributed by atoms with Gasteiger partial charge in [-0.05, 0) is 44.7 Å². The molecule has 0 aliphatic carbocycles. The first kappa shape index (κ1) is 20.7. The fourth-order valence-electron chi connectivity index (χ4n) is 2.68. The summed E-state index contributed by atoms with van der Waals surface area (Å²) in [6, 6.07) is 8.48. The van der Waals surface area contributed by atoms with Crippen molar-refractivity contribution in [3.8, 4) is 0 Å². The third kappa shape index (κ3) is 5.65. The maximum atomic E-state index is 12.6. The van der Waals surface area contributed by atoms with Crippen LogP contribution in [0, 0.1) is 0 Å². The van der Waals surface area contributed by atoms with E-state index >= 15 is 0 Å². The highest BCUT2D eigenvalue weighted by Crippen LogP contribution is 2.26. The Kier molecular flexibility index (Phi) is 9.10. The number of fused-ring (bicyclic) bond motifs is 1. The van der Waals surface area contributed by atoms with Crippen LogP contribution in [0.3, 0.4) is 0 Å². The van der Waals surface area contributed by atoms with E-state index in [4.69, 9.17) is 0 Å². The zero-order valence-corrected chi connectivity index (χ0v) is 17.2. The largest absolute Gasteiger partial charge is 0.357 e. The first-order valence-electron chi connectivity index (χ1n) is 8.58. The minimum atomic E-state index is 0. The number of nitrogens with one attached hydrogen (secondary N) is 2. The maximum Gasteiger partial charge on any atom is 0.248 e. The average molecular weight is 444 g/mol. The number of para-hydroxylation sites is 1. The molecule has 1 aliphatic heterocycles. The molecule has 2 rings (SSSR count). The zero-order chi connectivity index (χ0) is 16.7. The molecule has 0 spiro atoms. The molecule has 1 amide bonds. The molecule has 6 heteroatoms. The van der Waals surface area contributed by atoms with E-state index in [9.17, 15) is 4.79 Å². The second-order valence-electron chi connectivity index (χ2n) is 5.93. The smallest absolute Gasteiger partial charge is 0.248 e. The highest BCUT2D eigenvalue weighted by Gasteiger charge is 2.21. The van der Waals surface area contributed by atoms with Crippen molar-refractivity contribution < 1.29 is 4.79 Å². The SMILES string of the molecule is CCNC(=NCC(=O)N1CCCc2ccccc21)NC(C)CC.I. The van der Waals surface area contributed by atoms with E-state index in [1.54, 1.807) is 0 Å². The van der Waals surface area contributed by atoms with E-state index in [1.165, 1.54) is 5.56 Å². The topological polar surface area (TPSA) is 56.7 Å². The van der Waals surface area contributed by atoms with Gasteiger partial charge in [-0.25, -0.2) is 4.99 Å². The summed E-state index contributed by atoms with van der Waals surface area (Å²) in [5, 5.41) is 6.51. The van der Waals surface area contributed by atoms with Crippen molar-refractivity contribution in [2.75, 3.05) is 24.5 Å². The van der Waals surface area contributed by atoms with Crippen LogP contribution in [0.2, 0.25) is 0 Å². The van der Waals surface area contributed by atoms with Crippen molar-refractivity contribution in [1.82, 2.24) is 10.6 Å². The normalized spacial score (nSPS) is 15.1. The van der Waals surface area contributed by atoms with E-state index in [0.717, 1.165) is 38.0 Å². The summed E-state index contributed by atoms with van der Waals surface area (Å²) in [5.74, 6) is 0.763. The quantitative estimate of drug-likeness (QED) is 0.417. The monoisotopic (exact) mass is 444 g/mol. The van der Waals surface area contributed by atoms with Crippen molar-refractivity contribution in [1.29, 1.82) is 0 Å². The van der Waals surface area contributed by atoms with Gasteiger partial charge in [0.05, 0.1) is 0 Å². The summed E-state index contributed by atoms with van der Waals surface area (Å²) in [5.41, 5.74) is 2.29. The second-order valence-corrected chi connectivity index (χ2v) is 5.93. The predicted octanol–water partition coefficient (Wildman–Crippen LogP) is 2.94. The number of hydrogen-bond donors (Lipinski definition) is 2. The Labute approximate surface area is 162 Å². The minimum Gasteiger partial charge on any atom is -0.357 e. The van der Waals surface area contributed by atoms with Crippen LogP contribution in [-0.2, 0) is 11.2 Å². The Morgan fingerprint density at radius 1 is 1.33 bits per heavy atom. The maximum absolute atomic E-state index is 12.6. The minimum absolute atomic E-state index is 0.